The van der Waals surface area contributed by atoms with Gasteiger partial charge in [0.2, 0.25) is 5.91 Å². The first-order valence-corrected chi connectivity index (χ1v) is 10.3. The molecule has 1 aromatic rings. The molecule has 0 spiro atoms. The monoisotopic (exact) mass is 459 g/mol. The molecule has 2 saturated heterocycles. The van der Waals surface area contributed by atoms with Gasteiger partial charge in [0.05, 0.1) is 29.5 Å². The van der Waals surface area contributed by atoms with Crippen LogP contribution in [0.1, 0.15) is 23.0 Å². The highest BCUT2D eigenvalue weighted by atomic mass is 79.9. The Morgan fingerprint density at radius 1 is 1.37 bits per heavy atom. The fraction of sp³-hybridized carbons (Fsp3) is 0.588. The third-order valence-corrected chi connectivity index (χ3v) is 6.86. The fourth-order valence-electron chi connectivity index (χ4n) is 3.43. The Kier molecular flexibility index (Phi) is 6.19. The molecule has 0 radical (unpaired) electrons. The van der Waals surface area contributed by atoms with Crippen LogP contribution in [-0.2, 0) is 14.3 Å². The Morgan fingerprint density at radius 2 is 2.11 bits per heavy atom. The van der Waals surface area contributed by atoms with Crippen LogP contribution in [0.2, 0.25) is 0 Å². The summed E-state index contributed by atoms with van der Waals surface area (Å²) in [5.41, 5.74) is 0. The molecule has 3 amide bonds. The highest BCUT2D eigenvalue weighted by Crippen LogP contribution is 2.25. The molecular formula is C17H22BrN3O5S. The molecule has 3 rings (SSSR count). The second-order valence-corrected chi connectivity index (χ2v) is 8.68. The van der Waals surface area contributed by atoms with E-state index in [2.05, 4.69) is 26.6 Å². The number of likely N-dealkylation sites (N-methyl/N-ethyl adjacent to an activating group) is 1. The number of rotatable bonds is 4. The molecule has 10 heteroatoms. The van der Waals surface area contributed by atoms with Gasteiger partial charge in [0.25, 0.3) is 11.8 Å². The van der Waals surface area contributed by atoms with Crippen molar-refractivity contribution in [3.63, 3.8) is 0 Å². The third kappa shape index (κ3) is 4.18. The number of halogens is 1. The average Bonchev–Trinajstić information content (AvgIpc) is 3.15. The van der Waals surface area contributed by atoms with Crippen LogP contribution in [0.3, 0.4) is 0 Å². The lowest BCUT2D eigenvalue weighted by molar-refractivity contribution is -0.137. The maximum Gasteiger partial charge on any atom is 0.261 e. The van der Waals surface area contributed by atoms with Crippen LogP contribution >= 0.6 is 27.3 Å². The second kappa shape index (κ2) is 8.26. The minimum atomic E-state index is -1.35. The van der Waals surface area contributed by atoms with Crippen molar-refractivity contribution in [2.45, 2.75) is 37.6 Å². The number of hydrogen-bond acceptors (Lipinski definition) is 6. The van der Waals surface area contributed by atoms with Gasteiger partial charge in [-0.1, -0.05) is 0 Å². The predicted octanol–water partition coefficient (Wildman–Crippen LogP) is 0.352. The van der Waals surface area contributed by atoms with E-state index in [4.69, 9.17) is 4.74 Å². The molecule has 5 atom stereocenters. The van der Waals surface area contributed by atoms with Crippen LogP contribution in [0.25, 0.3) is 0 Å². The summed E-state index contributed by atoms with van der Waals surface area (Å²) < 4.78 is 6.29. The summed E-state index contributed by atoms with van der Waals surface area (Å²) in [7, 11) is 1.57. The number of likely N-dealkylation sites (tertiary alicyclic amines) is 1. The van der Waals surface area contributed by atoms with E-state index < -0.39 is 35.9 Å². The highest BCUT2D eigenvalue weighted by Gasteiger charge is 2.48. The summed E-state index contributed by atoms with van der Waals surface area (Å²) in [5, 5.41) is 17.7. The number of carbonyl (C=O) groups is 3. The standard InChI is InChI=1S/C17H22BrN3O5S/c1-8-13(14(22)17(25)21(8)2)16(24)19-10-3-4-26-6-11(10)20-15(23)12-5-9(18)7-27-12/h5,7-8,10-11,13-14,22H,3-4,6H2,1-2H3,(H,19,24)(H,20,23)/t8-,10-,11+,13-,14-/m1/s1. The number of amides is 3. The lowest BCUT2D eigenvalue weighted by Crippen LogP contribution is -2.58. The number of aliphatic hydroxyl groups excluding tert-OH is 1. The van der Waals surface area contributed by atoms with Gasteiger partial charge in [0.1, 0.15) is 6.10 Å². The Labute approximate surface area is 169 Å². The largest absolute Gasteiger partial charge is 0.382 e. The summed E-state index contributed by atoms with van der Waals surface area (Å²) in [6.07, 6.45) is -0.812. The number of hydrogen-bond donors (Lipinski definition) is 3. The number of ether oxygens (including phenoxy) is 1. The number of carbonyl (C=O) groups excluding carboxylic acids is 3. The van der Waals surface area contributed by atoms with E-state index in [1.165, 1.54) is 16.2 Å². The van der Waals surface area contributed by atoms with Crippen molar-refractivity contribution >= 4 is 45.0 Å². The Morgan fingerprint density at radius 3 is 2.70 bits per heavy atom. The molecule has 27 heavy (non-hydrogen) atoms. The van der Waals surface area contributed by atoms with Gasteiger partial charge in [-0.3, -0.25) is 14.4 Å². The van der Waals surface area contributed by atoms with E-state index in [0.717, 1.165) is 4.47 Å². The molecule has 2 fully saturated rings. The number of nitrogens with zero attached hydrogens (tertiary/aromatic N) is 1. The third-order valence-electron chi connectivity index (χ3n) is 5.17. The fourth-order valence-corrected chi connectivity index (χ4v) is 4.76. The van der Waals surface area contributed by atoms with E-state index in [0.29, 0.717) is 17.9 Å². The van der Waals surface area contributed by atoms with Crippen molar-refractivity contribution in [1.29, 1.82) is 0 Å². The summed E-state index contributed by atoms with van der Waals surface area (Å²) in [4.78, 5) is 39.0. The quantitative estimate of drug-likeness (QED) is 0.601. The van der Waals surface area contributed by atoms with Gasteiger partial charge in [-0.15, -0.1) is 11.3 Å². The van der Waals surface area contributed by atoms with Gasteiger partial charge < -0.3 is 25.4 Å². The molecule has 2 aliphatic rings. The molecule has 0 aliphatic carbocycles. The van der Waals surface area contributed by atoms with Crippen molar-refractivity contribution in [2.24, 2.45) is 5.92 Å². The lowest BCUT2D eigenvalue weighted by Gasteiger charge is -2.34. The van der Waals surface area contributed by atoms with Crippen LogP contribution in [0.15, 0.2) is 15.9 Å². The van der Waals surface area contributed by atoms with Gasteiger partial charge in [-0.05, 0) is 35.3 Å². The Bertz CT molecular complexity index is 742. The molecule has 8 nitrogen and oxygen atoms in total. The first-order valence-electron chi connectivity index (χ1n) is 8.67. The zero-order valence-electron chi connectivity index (χ0n) is 15.0. The molecule has 3 heterocycles. The van der Waals surface area contributed by atoms with Crippen molar-refractivity contribution in [1.82, 2.24) is 15.5 Å². The molecule has 0 saturated carbocycles. The maximum atomic E-state index is 12.7. The number of nitrogens with one attached hydrogen (secondary N) is 2. The van der Waals surface area contributed by atoms with E-state index in [9.17, 15) is 19.5 Å². The number of thiophene rings is 1. The molecule has 0 bridgehead atoms. The maximum absolute atomic E-state index is 12.7. The van der Waals surface area contributed by atoms with E-state index in [1.54, 1.807) is 20.0 Å². The molecule has 2 aliphatic heterocycles. The van der Waals surface area contributed by atoms with Crippen molar-refractivity contribution < 1.29 is 24.2 Å². The zero-order valence-corrected chi connectivity index (χ0v) is 17.4. The highest BCUT2D eigenvalue weighted by molar-refractivity contribution is 9.10. The van der Waals surface area contributed by atoms with E-state index >= 15 is 0 Å². The van der Waals surface area contributed by atoms with Crippen LogP contribution in [-0.4, -0.2) is 72.2 Å². The number of aliphatic hydroxyl groups is 1. The first kappa shape index (κ1) is 20.2. The van der Waals surface area contributed by atoms with Gasteiger partial charge in [-0.25, -0.2) is 0 Å². The van der Waals surface area contributed by atoms with Crippen molar-refractivity contribution in [3.05, 3.63) is 20.8 Å². The van der Waals surface area contributed by atoms with Crippen LogP contribution in [0, 0.1) is 5.92 Å². The molecule has 148 valence electrons. The first-order chi connectivity index (χ1) is 12.8. The van der Waals surface area contributed by atoms with Crippen molar-refractivity contribution in [3.8, 4) is 0 Å². The predicted molar refractivity (Wildman–Crippen MR) is 102 cm³/mol. The van der Waals surface area contributed by atoms with Gasteiger partial charge in [0.15, 0.2) is 0 Å². The summed E-state index contributed by atoms with van der Waals surface area (Å²) in [6.45, 7) is 2.48. The summed E-state index contributed by atoms with van der Waals surface area (Å²) in [5.74, 6) is -1.92. The van der Waals surface area contributed by atoms with Crippen LogP contribution in [0.4, 0.5) is 0 Å². The SMILES string of the molecule is C[C@@H]1[C@@H](C(=O)N[C@@H]2CCOC[C@@H]2NC(=O)c2cc(Br)cs2)[C@@H](O)C(=O)N1C. The molecule has 0 unspecified atom stereocenters. The van der Waals surface area contributed by atoms with E-state index in [1.807, 2.05) is 5.38 Å². The van der Waals surface area contributed by atoms with Gasteiger partial charge in [0, 0.05) is 29.5 Å². The van der Waals surface area contributed by atoms with Gasteiger partial charge >= 0.3 is 0 Å². The van der Waals surface area contributed by atoms with Crippen LogP contribution < -0.4 is 10.6 Å². The van der Waals surface area contributed by atoms with Crippen LogP contribution in [0.5, 0.6) is 0 Å². The molecule has 0 aromatic carbocycles. The minimum Gasteiger partial charge on any atom is -0.382 e. The summed E-state index contributed by atoms with van der Waals surface area (Å²) in [6, 6.07) is 0.608. The zero-order chi connectivity index (χ0) is 19.7. The second-order valence-electron chi connectivity index (χ2n) is 6.85. The molecule has 1 aromatic heterocycles. The smallest absolute Gasteiger partial charge is 0.261 e. The average molecular weight is 460 g/mol. The topological polar surface area (TPSA) is 108 Å². The van der Waals surface area contributed by atoms with Gasteiger partial charge in [-0.2, -0.15) is 0 Å². The molecular weight excluding hydrogens is 438 g/mol. The Balaban J connectivity index is 1.66. The summed E-state index contributed by atoms with van der Waals surface area (Å²) >= 11 is 4.64. The Hall–Kier alpha value is -1.49. The lowest BCUT2D eigenvalue weighted by atomic mass is 9.96. The van der Waals surface area contributed by atoms with Crippen molar-refractivity contribution in [2.75, 3.05) is 20.3 Å². The minimum absolute atomic E-state index is 0.232. The normalized spacial score (nSPS) is 31.0. The molecule has 3 N–H and O–H groups in total. The van der Waals surface area contributed by atoms with E-state index in [-0.39, 0.29) is 18.6 Å².